The Bertz CT molecular complexity index is 875. The predicted octanol–water partition coefficient (Wildman–Crippen LogP) is 1.71. The van der Waals surface area contributed by atoms with Gasteiger partial charge in [-0.25, -0.2) is 4.79 Å². The molecule has 0 unspecified atom stereocenters. The van der Waals surface area contributed by atoms with E-state index in [0.29, 0.717) is 29.7 Å². The summed E-state index contributed by atoms with van der Waals surface area (Å²) < 4.78 is 5.40. The molecule has 0 radical (unpaired) electrons. The molecule has 3 N–H and O–H groups in total. The first-order chi connectivity index (χ1) is 12.9. The number of aromatic hydroxyl groups is 1. The van der Waals surface area contributed by atoms with Gasteiger partial charge in [-0.15, -0.1) is 0 Å². The second kappa shape index (κ2) is 7.90. The summed E-state index contributed by atoms with van der Waals surface area (Å²) in [7, 11) is 0. The van der Waals surface area contributed by atoms with E-state index in [1.54, 1.807) is 30.3 Å². The number of aliphatic carboxylic acids is 1. The van der Waals surface area contributed by atoms with E-state index in [1.807, 2.05) is 0 Å². The van der Waals surface area contributed by atoms with E-state index in [0.717, 1.165) is 5.56 Å². The lowest BCUT2D eigenvalue weighted by molar-refractivity contribution is -0.142. The number of fused-ring (bicyclic) bond motifs is 1. The fourth-order valence-corrected chi connectivity index (χ4v) is 2.96. The number of carboxylic acids is 1. The Morgan fingerprint density at radius 2 is 1.85 bits per heavy atom. The van der Waals surface area contributed by atoms with Gasteiger partial charge in [0.2, 0.25) is 0 Å². The molecule has 0 aliphatic heterocycles. The SMILES string of the molecule is O=C(COc1ccc2c(c1)C(=O)CC2)N[C@H](Cc1ccc(O)cc1)C(=O)O. The monoisotopic (exact) mass is 369 g/mol. The number of carboxylic acid groups (broad SMARTS) is 1. The van der Waals surface area contributed by atoms with Crippen molar-refractivity contribution in [2.75, 3.05) is 6.61 Å². The molecule has 1 aliphatic rings. The maximum absolute atomic E-state index is 12.1. The van der Waals surface area contributed by atoms with Crippen LogP contribution in [0.5, 0.6) is 11.5 Å². The fraction of sp³-hybridized carbons (Fsp3) is 0.250. The highest BCUT2D eigenvalue weighted by Gasteiger charge is 2.22. The number of nitrogens with one attached hydrogen (secondary N) is 1. The number of phenolic OH excluding ortho intramolecular Hbond substituents is 1. The van der Waals surface area contributed by atoms with E-state index >= 15 is 0 Å². The fourth-order valence-electron chi connectivity index (χ4n) is 2.96. The molecule has 0 saturated heterocycles. The smallest absolute Gasteiger partial charge is 0.326 e. The Balaban J connectivity index is 1.56. The zero-order chi connectivity index (χ0) is 19.4. The lowest BCUT2D eigenvalue weighted by Gasteiger charge is -2.15. The third kappa shape index (κ3) is 4.63. The summed E-state index contributed by atoms with van der Waals surface area (Å²) >= 11 is 0. The molecule has 1 aliphatic carbocycles. The molecule has 1 atom stereocenters. The quantitative estimate of drug-likeness (QED) is 0.685. The lowest BCUT2D eigenvalue weighted by atomic mass is 10.1. The van der Waals surface area contributed by atoms with Crippen LogP contribution in [-0.4, -0.2) is 40.5 Å². The molecule has 0 heterocycles. The molecule has 2 aromatic carbocycles. The zero-order valence-corrected chi connectivity index (χ0v) is 14.5. The number of rotatable bonds is 7. The number of hydrogen-bond acceptors (Lipinski definition) is 5. The molecule has 0 fully saturated rings. The first-order valence-corrected chi connectivity index (χ1v) is 8.51. The Kier molecular flexibility index (Phi) is 5.40. The van der Waals surface area contributed by atoms with E-state index in [2.05, 4.69) is 5.32 Å². The largest absolute Gasteiger partial charge is 0.508 e. The van der Waals surface area contributed by atoms with Crippen LogP contribution in [0, 0.1) is 0 Å². The van der Waals surface area contributed by atoms with Gasteiger partial charge < -0.3 is 20.3 Å². The van der Waals surface area contributed by atoms with Crippen molar-refractivity contribution in [2.45, 2.75) is 25.3 Å². The van der Waals surface area contributed by atoms with Crippen LogP contribution in [0.2, 0.25) is 0 Å². The Morgan fingerprint density at radius 3 is 2.56 bits per heavy atom. The van der Waals surface area contributed by atoms with Crippen LogP contribution in [0.15, 0.2) is 42.5 Å². The van der Waals surface area contributed by atoms with Gasteiger partial charge in [0.05, 0.1) is 0 Å². The molecule has 0 aromatic heterocycles. The maximum Gasteiger partial charge on any atom is 0.326 e. The molecule has 7 heteroatoms. The number of Topliss-reactive ketones (excluding diaryl/α,β-unsaturated/α-hetero) is 1. The standard InChI is InChI=1S/C20H19NO6/c22-14-5-1-12(2-6-14)9-17(20(25)26)21-19(24)11-27-15-7-3-13-4-8-18(23)16(13)10-15/h1-3,5-7,10,17,22H,4,8-9,11H2,(H,21,24)(H,25,26)/t17-/m1/s1. The summed E-state index contributed by atoms with van der Waals surface area (Å²) in [5.41, 5.74) is 2.25. The number of ketones is 1. The third-order valence-electron chi connectivity index (χ3n) is 4.38. The van der Waals surface area contributed by atoms with Gasteiger partial charge in [0, 0.05) is 18.4 Å². The summed E-state index contributed by atoms with van der Waals surface area (Å²) in [5, 5.41) is 21.0. The van der Waals surface area contributed by atoms with Crippen molar-refractivity contribution < 1.29 is 29.3 Å². The summed E-state index contributed by atoms with van der Waals surface area (Å²) in [5.74, 6) is -1.22. The third-order valence-corrected chi connectivity index (χ3v) is 4.38. The molecular weight excluding hydrogens is 350 g/mol. The summed E-state index contributed by atoms with van der Waals surface area (Å²) in [6, 6.07) is 10.1. The van der Waals surface area contributed by atoms with E-state index in [-0.39, 0.29) is 24.6 Å². The summed E-state index contributed by atoms with van der Waals surface area (Å²) in [4.78, 5) is 35.2. The van der Waals surface area contributed by atoms with Crippen LogP contribution in [0.25, 0.3) is 0 Å². The van der Waals surface area contributed by atoms with Gasteiger partial charge in [0.25, 0.3) is 5.91 Å². The first-order valence-electron chi connectivity index (χ1n) is 8.51. The van der Waals surface area contributed by atoms with Gasteiger partial charge in [-0.05, 0) is 41.8 Å². The molecule has 1 amide bonds. The van der Waals surface area contributed by atoms with Crippen LogP contribution in [-0.2, 0) is 22.4 Å². The molecule has 0 saturated carbocycles. The van der Waals surface area contributed by atoms with E-state index in [4.69, 9.17) is 4.74 Å². The van der Waals surface area contributed by atoms with Crippen LogP contribution < -0.4 is 10.1 Å². The number of hydrogen-bond donors (Lipinski definition) is 3. The van der Waals surface area contributed by atoms with Crippen molar-refractivity contribution in [1.82, 2.24) is 5.32 Å². The molecule has 3 rings (SSSR count). The van der Waals surface area contributed by atoms with Crippen molar-refractivity contribution >= 4 is 17.7 Å². The minimum Gasteiger partial charge on any atom is -0.508 e. The Labute approximate surface area is 155 Å². The number of aryl methyl sites for hydroxylation is 1. The molecule has 0 spiro atoms. The average molecular weight is 369 g/mol. The minimum atomic E-state index is -1.17. The molecule has 0 bridgehead atoms. The normalized spacial score (nSPS) is 13.7. The average Bonchev–Trinajstić information content (AvgIpc) is 3.01. The number of benzene rings is 2. The maximum atomic E-state index is 12.1. The number of carbonyl (C=O) groups is 3. The van der Waals surface area contributed by atoms with Gasteiger partial charge in [-0.1, -0.05) is 18.2 Å². The highest BCUT2D eigenvalue weighted by atomic mass is 16.5. The zero-order valence-electron chi connectivity index (χ0n) is 14.5. The predicted molar refractivity (Wildman–Crippen MR) is 96.0 cm³/mol. The van der Waals surface area contributed by atoms with Gasteiger partial charge in [-0.2, -0.15) is 0 Å². The van der Waals surface area contributed by atoms with Crippen LogP contribution >= 0.6 is 0 Å². The number of phenols is 1. The van der Waals surface area contributed by atoms with Crippen LogP contribution in [0.1, 0.15) is 27.9 Å². The van der Waals surface area contributed by atoms with Gasteiger partial charge in [0.1, 0.15) is 17.5 Å². The van der Waals surface area contributed by atoms with Crippen molar-refractivity contribution in [1.29, 1.82) is 0 Å². The highest BCUT2D eigenvalue weighted by Crippen LogP contribution is 2.26. The molecule has 2 aromatic rings. The van der Waals surface area contributed by atoms with Gasteiger partial charge in [-0.3, -0.25) is 9.59 Å². The number of ether oxygens (including phenoxy) is 1. The highest BCUT2D eigenvalue weighted by molar-refractivity contribution is 6.00. The van der Waals surface area contributed by atoms with Crippen LogP contribution in [0.4, 0.5) is 0 Å². The van der Waals surface area contributed by atoms with Crippen molar-refractivity contribution in [3.05, 3.63) is 59.2 Å². The minimum absolute atomic E-state index is 0.0553. The van der Waals surface area contributed by atoms with E-state index in [1.165, 1.54) is 12.1 Å². The lowest BCUT2D eigenvalue weighted by Crippen LogP contribution is -2.44. The second-order valence-electron chi connectivity index (χ2n) is 6.36. The topological polar surface area (TPSA) is 113 Å². The molecular formula is C20H19NO6. The second-order valence-corrected chi connectivity index (χ2v) is 6.36. The molecule has 27 heavy (non-hydrogen) atoms. The Hall–Kier alpha value is -3.35. The van der Waals surface area contributed by atoms with Crippen molar-refractivity contribution in [2.24, 2.45) is 0 Å². The summed E-state index contributed by atoms with van der Waals surface area (Å²) in [6.45, 7) is -0.355. The van der Waals surface area contributed by atoms with Crippen molar-refractivity contribution in [3.8, 4) is 11.5 Å². The summed E-state index contributed by atoms with van der Waals surface area (Å²) in [6.07, 6.45) is 1.28. The van der Waals surface area contributed by atoms with Crippen LogP contribution in [0.3, 0.4) is 0 Å². The number of amides is 1. The van der Waals surface area contributed by atoms with Crippen molar-refractivity contribution in [3.63, 3.8) is 0 Å². The molecule has 7 nitrogen and oxygen atoms in total. The van der Waals surface area contributed by atoms with E-state index in [9.17, 15) is 24.6 Å². The molecule has 140 valence electrons. The van der Waals surface area contributed by atoms with E-state index < -0.39 is 17.9 Å². The Morgan fingerprint density at radius 1 is 1.11 bits per heavy atom. The number of carbonyl (C=O) groups excluding carboxylic acids is 2. The van der Waals surface area contributed by atoms with Gasteiger partial charge in [0.15, 0.2) is 12.4 Å². The first kappa shape index (κ1) is 18.4. The van der Waals surface area contributed by atoms with Gasteiger partial charge >= 0.3 is 5.97 Å².